The van der Waals surface area contributed by atoms with E-state index in [4.69, 9.17) is 0 Å². The first-order valence-electron chi connectivity index (χ1n) is 12.2. The van der Waals surface area contributed by atoms with Crippen molar-refractivity contribution in [3.05, 3.63) is 0 Å². The molecule has 28 heavy (non-hydrogen) atoms. The molecule has 0 aromatic carbocycles. The maximum atomic E-state index is 11.8. The number of nitrogens with one attached hydrogen (secondary N) is 1. The number of hydrogen-bond acceptors (Lipinski definition) is 3. The average molecular weight is 400 g/mol. The number of carbonyl (C=O) groups excluding carboxylic acids is 1. The Hall–Kier alpha value is -0.610. The van der Waals surface area contributed by atoms with Crippen LogP contribution in [-0.4, -0.2) is 34.9 Å². The van der Waals surface area contributed by atoms with Gasteiger partial charge in [0.2, 0.25) is 5.91 Å². The fraction of sp³-hybridized carbons (Fsp3) is 0.958. The van der Waals surface area contributed by atoms with Gasteiger partial charge in [0.25, 0.3) is 0 Å². The van der Waals surface area contributed by atoms with E-state index in [-0.39, 0.29) is 12.5 Å². The third kappa shape index (κ3) is 17.5. The summed E-state index contributed by atoms with van der Waals surface area (Å²) in [5.41, 5.74) is 0. The van der Waals surface area contributed by atoms with Crippen molar-refractivity contribution in [2.45, 2.75) is 142 Å². The Kier molecular flexibility index (Phi) is 20.6. The number of carbonyl (C=O) groups is 1. The summed E-state index contributed by atoms with van der Waals surface area (Å²) in [5, 5.41) is 22.5. The lowest BCUT2D eigenvalue weighted by Gasteiger charge is -2.22. The van der Waals surface area contributed by atoms with Crippen LogP contribution in [0.3, 0.4) is 0 Å². The van der Waals surface area contributed by atoms with Crippen LogP contribution in [-0.2, 0) is 4.79 Å². The second kappa shape index (κ2) is 21.1. The monoisotopic (exact) mass is 399 g/mol. The third-order valence-corrected chi connectivity index (χ3v) is 5.62. The van der Waals surface area contributed by atoms with Crippen molar-refractivity contribution in [1.82, 2.24) is 5.32 Å². The lowest BCUT2D eigenvalue weighted by Crippen LogP contribution is -2.45. The first kappa shape index (κ1) is 27.4. The fourth-order valence-electron chi connectivity index (χ4n) is 3.65. The van der Waals surface area contributed by atoms with Crippen molar-refractivity contribution >= 4 is 5.91 Å². The van der Waals surface area contributed by atoms with Crippen molar-refractivity contribution < 1.29 is 15.0 Å². The summed E-state index contributed by atoms with van der Waals surface area (Å²) in [5.74, 6) is -0.0584. The van der Waals surface area contributed by atoms with Gasteiger partial charge in [-0.05, 0) is 12.8 Å². The van der Waals surface area contributed by atoms with E-state index >= 15 is 0 Å². The molecule has 0 fully saturated rings. The summed E-state index contributed by atoms with van der Waals surface area (Å²) in [4.78, 5) is 11.8. The lowest BCUT2D eigenvalue weighted by atomic mass is 10.0. The average Bonchev–Trinajstić information content (AvgIpc) is 2.69. The van der Waals surface area contributed by atoms with Gasteiger partial charge in [0.05, 0.1) is 18.8 Å². The molecule has 168 valence electrons. The topological polar surface area (TPSA) is 69.6 Å². The van der Waals surface area contributed by atoms with E-state index in [9.17, 15) is 15.0 Å². The predicted octanol–water partition coefficient (Wildman–Crippen LogP) is 5.89. The van der Waals surface area contributed by atoms with Gasteiger partial charge in [-0.1, -0.05) is 110 Å². The van der Waals surface area contributed by atoms with Gasteiger partial charge in [-0.3, -0.25) is 4.79 Å². The molecule has 0 heterocycles. The molecule has 4 nitrogen and oxygen atoms in total. The SMILES string of the molecule is CCCCCCCCCCCCCCC[C@H](O)[C@@H](CO)NC(=O)CCCCC. The molecule has 0 rings (SSSR count). The summed E-state index contributed by atoms with van der Waals surface area (Å²) in [6.45, 7) is 4.17. The third-order valence-electron chi connectivity index (χ3n) is 5.62. The second-order valence-corrected chi connectivity index (χ2v) is 8.41. The highest BCUT2D eigenvalue weighted by Gasteiger charge is 2.19. The molecule has 2 atom stereocenters. The molecule has 3 N–H and O–H groups in total. The van der Waals surface area contributed by atoms with Crippen LogP contribution in [0.4, 0.5) is 0 Å². The number of unbranched alkanes of at least 4 members (excludes halogenated alkanes) is 14. The van der Waals surface area contributed by atoms with Crippen molar-refractivity contribution in [2.24, 2.45) is 0 Å². The van der Waals surface area contributed by atoms with Crippen LogP contribution < -0.4 is 5.32 Å². The predicted molar refractivity (Wildman–Crippen MR) is 119 cm³/mol. The zero-order chi connectivity index (χ0) is 20.9. The van der Waals surface area contributed by atoms with Gasteiger partial charge in [-0.25, -0.2) is 0 Å². The van der Waals surface area contributed by atoms with Gasteiger partial charge in [0, 0.05) is 6.42 Å². The molecule has 0 saturated heterocycles. The Morgan fingerprint density at radius 3 is 1.61 bits per heavy atom. The standard InChI is InChI=1S/C24H49NO3/c1-3-5-7-8-9-10-11-12-13-14-15-16-18-19-23(27)22(21-26)25-24(28)20-17-6-4-2/h22-23,26-27H,3-21H2,1-2H3,(H,25,28)/t22-,23+/m1/s1. The zero-order valence-corrected chi connectivity index (χ0v) is 18.9. The van der Waals surface area contributed by atoms with Crippen molar-refractivity contribution in [3.8, 4) is 0 Å². The molecule has 0 aliphatic rings. The molecule has 4 heteroatoms. The van der Waals surface area contributed by atoms with E-state index in [1.165, 1.54) is 70.6 Å². The van der Waals surface area contributed by atoms with Crippen LogP contribution in [0.15, 0.2) is 0 Å². The quantitative estimate of drug-likeness (QED) is 0.211. The molecule has 0 unspecified atom stereocenters. The number of hydrogen-bond donors (Lipinski definition) is 3. The van der Waals surface area contributed by atoms with Crippen LogP contribution >= 0.6 is 0 Å². The molecular formula is C24H49NO3. The van der Waals surface area contributed by atoms with E-state index in [0.717, 1.165) is 32.1 Å². The van der Waals surface area contributed by atoms with Gasteiger partial charge in [-0.15, -0.1) is 0 Å². The number of amides is 1. The van der Waals surface area contributed by atoms with Crippen LogP contribution in [0.5, 0.6) is 0 Å². The van der Waals surface area contributed by atoms with Gasteiger partial charge < -0.3 is 15.5 Å². The largest absolute Gasteiger partial charge is 0.394 e. The van der Waals surface area contributed by atoms with E-state index in [2.05, 4.69) is 19.2 Å². The van der Waals surface area contributed by atoms with Gasteiger partial charge in [0.1, 0.15) is 0 Å². The van der Waals surface area contributed by atoms with Gasteiger partial charge in [-0.2, -0.15) is 0 Å². The van der Waals surface area contributed by atoms with Crippen LogP contribution in [0, 0.1) is 0 Å². The molecule has 0 saturated carbocycles. The lowest BCUT2D eigenvalue weighted by molar-refractivity contribution is -0.123. The molecule has 0 radical (unpaired) electrons. The minimum atomic E-state index is -0.646. The van der Waals surface area contributed by atoms with Crippen molar-refractivity contribution in [1.29, 1.82) is 0 Å². The molecule has 0 aliphatic heterocycles. The molecule has 1 amide bonds. The van der Waals surface area contributed by atoms with Crippen molar-refractivity contribution in [3.63, 3.8) is 0 Å². The highest BCUT2D eigenvalue weighted by Crippen LogP contribution is 2.14. The molecule has 0 aromatic heterocycles. The number of aliphatic hydroxyl groups is 2. The summed E-state index contributed by atoms with van der Waals surface area (Å²) in [7, 11) is 0. The summed E-state index contributed by atoms with van der Waals surface area (Å²) < 4.78 is 0. The highest BCUT2D eigenvalue weighted by molar-refractivity contribution is 5.76. The Morgan fingerprint density at radius 1 is 0.714 bits per heavy atom. The Morgan fingerprint density at radius 2 is 1.14 bits per heavy atom. The van der Waals surface area contributed by atoms with Crippen molar-refractivity contribution in [2.75, 3.05) is 6.61 Å². The summed E-state index contributed by atoms with van der Waals surface area (Å²) in [6.07, 6.45) is 20.4. The summed E-state index contributed by atoms with van der Waals surface area (Å²) >= 11 is 0. The number of aliphatic hydroxyl groups excluding tert-OH is 2. The van der Waals surface area contributed by atoms with Crippen LogP contribution in [0.1, 0.15) is 129 Å². The maximum absolute atomic E-state index is 11.8. The summed E-state index contributed by atoms with van der Waals surface area (Å²) in [6, 6.07) is -0.522. The van der Waals surface area contributed by atoms with E-state index in [1.54, 1.807) is 0 Å². The van der Waals surface area contributed by atoms with Gasteiger partial charge >= 0.3 is 0 Å². The molecular weight excluding hydrogens is 350 g/mol. The Labute approximate surface area is 174 Å². The molecule has 0 aliphatic carbocycles. The Bertz CT molecular complexity index is 336. The van der Waals surface area contributed by atoms with Gasteiger partial charge in [0.15, 0.2) is 0 Å². The molecule has 0 bridgehead atoms. The first-order valence-corrected chi connectivity index (χ1v) is 12.2. The van der Waals surface area contributed by atoms with Crippen LogP contribution in [0.2, 0.25) is 0 Å². The molecule has 0 aromatic rings. The maximum Gasteiger partial charge on any atom is 0.220 e. The first-order chi connectivity index (χ1) is 13.7. The Balaban J connectivity index is 3.53. The zero-order valence-electron chi connectivity index (χ0n) is 18.9. The fourth-order valence-corrected chi connectivity index (χ4v) is 3.65. The second-order valence-electron chi connectivity index (χ2n) is 8.41. The minimum Gasteiger partial charge on any atom is -0.394 e. The van der Waals surface area contributed by atoms with E-state index in [1.807, 2.05) is 0 Å². The minimum absolute atomic E-state index is 0.0584. The van der Waals surface area contributed by atoms with E-state index < -0.39 is 12.1 Å². The van der Waals surface area contributed by atoms with Crippen LogP contribution in [0.25, 0.3) is 0 Å². The highest BCUT2D eigenvalue weighted by atomic mass is 16.3. The number of rotatable bonds is 21. The smallest absolute Gasteiger partial charge is 0.220 e. The molecule has 0 spiro atoms. The normalized spacial score (nSPS) is 13.4. The van der Waals surface area contributed by atoms with E-state index in [0.29, 0.717) is 12.8 Å².